The first-order valence-electron chi connectivity index (χ1n) is 12.0. The Morgan fingerprint density at radius 3 is 2.16 bits per heavy atom. The summed E-state index contributed by atoms with van der Waals surface area (Å²) in [5.74, 6) is -2.66. The minimum absolute atomic E-state index is 0.0597. The molecule has 1 N–H and O–H groups in total. The highest BCUT2D eigenvalue weighted by atomic mass is 19.1. The van der Waals surface area contributed by atoms with Crippen LogP contribution in [0.15, 0.2) is 97.1 Å². The number of carboxylic acids is 1. The average Bonchev–Trinajstić information content (AvgIpc) is 3.26. The summed E-state index contributed by atoms with van der Waals surface area (Å²) in [6.45, 7) is 0.836. The van der Waals surface area contributed by atoms with Crippen LogP contribution in [0, 0.1) is 11.6 Å². The molecule has 0 saturated heterocycles. The van der Waals surface area contributed by atoms with Gasteiger partial charge in [-0.05, 0) is 35.2 Å². The van der Waals surface area contributed by atoms with Crippen molar-refractivity contribution in [1.29, 1.82) is 0 Å². The van der Waals surface area contributed by atoms with Crippen molar-refractivity contribution in [1.82, 2.24) is 4.57 Å². The molecule has 0 saturated carbocycles. The second-order valence-electron chi connectivity index (χ2n) is 8.90. The molecule has 37 heavy (non-hydrogen) atoms. The number of ether oxygens (including phenoxy) is 1. The third-order valence-corrected chi connectivity index (χ3v) is 6.35. The SMILES string of the molecule is O=C(O)CCc1c(F)cc(OCc2ccc(Cn3c(-c4ccccc4)cc4ccccc43)cc2)cc1F. The van der Waals surface area contributed by atoms with E-state index in [1.165, 1.54) is 5.39 Å². The number of carboxylic acid groups (broad SMARTS) is 1. The highest BCUT2D eigenvalue weighted by molar-refractivity contribution is 5.87. The van der Waals surface area contributed by atoms with E-state index in [-0.39, 0.29) is 30.8 Å². The summed E-state index contributed by atoms with van der Waals surface area (Å²) in [5, 5.41) is 9.93. The monoisotopic (exact) mass is 497 g/mol. The maximum Gasteiger partial charge on any atom is 0.303 e. The Hall–Kier alpha value is -4.45. The number of carbonyl (C=O) groups is 1. The number of rotatable bonds is 9. The summed E-state index contributed by atoms with van der Waals surface area (Å²) < 4.78 is 36.5. The number of aliphatic carboxylic acids is 1. The Kier molecular flexibility index (Phi) is 6.99. The largest absolute Gasteiger partial charge is 0.489 e. The fourth-order valence-electron chi connectivity index (χ4n) is 4.45. The van der Waals surface area contributed by atoms with E-state index in [2.05, 4.69) is 34.9 Å². The van der Waals surface area contributed by atoms with Gasteiger partial charge in [-0.25, -0.2) is 8.78 Å². The van der Waals surface area contributed by atoms with E-state index in [0.717, 1.165) is 40.0 Å². The first-order chi connectivity index (χ1) is 18.0. The lowest BCUT2D eigenvalue weighted by atomic mass is 10.1. The summed E-state index contributed by atoms with van der Waals surface area (Å²) >= 11 is 0. The lowest BCUT2D eigenvalue weighted by molar-refractivity contribution is -0.136. The van der Waals surface area contributed by atoms with Gasteiger partial charge < -0.3 is 14.4 Å². The summed E-state index contributed by atoms with van der Waals surface area (Å²) in [6, 6.07) is 30.9. The van der Waals surface area contributed by atoms with Crippen LogP contribution in [-0.2, 0) is 24.4 Å². The molecule has 0 aliphatic carbocycles. The topological polar surface area (TPSA) is 51.5 Å². The first kappa shape index (κ1) is 24.3. The minimum atomic E-state index is -1.11. The average molecular weight is 498 g/mol. The Balaban J connectivity index is 1.30. The standard InChI is InChI=1S/C31H25F2NO3/c32-27-17-25(18-28(33)26(27)14-15-31(35)36)37-20-22-12-10-21(11-13-22)19-34-29-9-5-4-8-24(29)16-30(34)23-6-2-1-3-7-23/h1-13,16-18H,14-15,19-20H2,(H,35,36). The molecule has 0 unspecified atom stereocenters. The fraction of sp³-hybridized carbons (Fsp3) is 0.129. The quantitative estimate of drug-likeness (QED) is 0.234. The van der Waals surface area contributed by atoms with Gasteiger partial charge in [-0.3, -0.25) is 4.79 Å². The molecular formula is C31H25F2NO3. The van der Waals surface area contributed by atoms with E-state index < -0.39 is 17.6 Å². The van der Waals surface area contributed by atoms with Gasteiger partial charge in [-0.15, -0.1) is 0 Å². The van der Waals surface area contributed by atoms with Crippen LogP contribution in [0.1, 0.15) is 23.1 Å². The van der Waals surface area contributed by atoms with Crippen LogP contribution >= 0.6 is 0 Å². The van der Waals surface area contributed by atoms with Gasteiger partial charge in [0, 0.05) is 47.3 Å². The predicted molar refractivity (Wildman–Crippen MR) is 140 cm³/mol. The van der Waals surface area contributed by atoms with Crippen LogP contribution in [0.2, 0.25) is 0 Å². The molecule has 1 aromatic heterocycles. The van der Waals surface area contributed by atoms with E-state index in [4.69, 9.17) is 9.84 Å². The van der Waals surface area contributed by atoms with Crippen molar-refractivity contribution in [2.75, 3.05) is 0 Å². The molecule has 186 valence electrons. The summed E-state index contributed by atoms with van der Waals surface area (Å²) in [5.41, 5.74) is 5.18. The van der Waals surface area contributed by atoms with Crippen molar-refractivity contribution in [3.8, 4) is 17.0 Å². The van der Waals surface area contributed by atoms with Crippen molar-refractivity contribution in [3.05, 3.63) is 125 Å². The molecule has 0 amide bonds. The number of nitrogens with zero attached hydrogens (tertiary/aromatic N) is 1. The molecule has 1 heterocycles. The third-order valence-electron chi connectivity index (χ3n) is 6.35. The van der Waals surface area contributed by atoms with E-state index in [9.17, 15) is 13.6 Å². The summed E-state index contributed by atoms with van der Waals surface area (Å²) in [6.07, 6.45) is -0.552. The molecule has 0 atom stereocenters. The molecule has 0 bridgehead atoms. The normalized spacial score (nSPS) is 11.1. The molecule has 5 rings (SSSR count). The van der Waals surface area contributed by atoms with Crippen LogP contribution in [0.25, 0.3) is 22.2 Å². The van der Waals surface area contributed by atoms with Gasteiger partial charge in [-0.2, -0.15) is 0 Å². The smallest absolute Gasteiger partial charge is 0.303 e. The van der Waals surface area contributed by atoms with Gasteiger partial charge in [0.05, 0.1) is 0 Å². The number of para-hydroxylation sites is 1. The lowest BCUT2D eigenvalue weighted by Crippen LogP contribution is -2.04. The van der Waals surface area contributed by atoms with Gasteiger partial charge in [0.15, 0.2) is 0 Å². The second-order valence-corrected chi connectivity index (χ2v) is 8.90. The third kappa shape index (κ3) is 5.54. The molecule has 0 fully saturated rings. The van der Waals surface area contributed by atoms with Gasteiger partial charge in [0.1, 0.15) is 24.0 Å². The molecule has 0 radical (unpaired) electrons. The van der Waals surface area contributed by atoms with Crippen molar-refractivity contribution in [2.45, 2.75) is 26.0 Å². The number of hydrogen-bond acceptors (Lipinski definition) is 2. The molecule has 4 nitrogen and oxygen atoms in total. The van der Waals surface area contributed by atoms with Gasteiger partial charge >= 0.3 is 5.97 Å². The molecular weight excluding hydrogens is 472 g/mol. The van der Waals surface area contributed by atoms with Crippen LogP contribution in [-0.4, -0.2) is 15.6 Å². The van der Waals surface area contributed by atoms with E-state index in [1.54, 1.807) is 0 Å². The van der Waals surface area contributed by atoms with Crippen LogP contribution in [0.4, 0.5) is 8.78 Å². The fourth-order valence-corrected chi connectivity index (χ4v) is 4.45. The predicted octanol–water partition coefficient (Wildman–Crippen LogP) is 7.23. The van der Waals surface area contributed by atoms with Crippen LogP contribution in [0.5, 0.6) is 5.75 Å². The number of aromatic nitrogens is 1. The molecule has 0 aliphatic heterocycles. The number of halogens is 2. The molecule has 0 spiro atoms. The number of fused-ring (bicyclic) bond motifs is 1. The van der Waals surface area contributed by atoms with Crippen molar-refractivity contribution in [2.24, 2.45) is 0 Å². The Bertz CT molecular complexity index is 1520. The van der Waals surface area contributed by atoms with Crippen molar-refractivity contribution in [3.63, 3.8) is 0 Å². The Morgan fingerprint density at radius 1 is 0.811 bits per heavy atom. The Morgan fingerprint density at radius 2 is 1.46 bits per heavy atom. The first-order valence-corrected chi connectivity index (χ1v) is 12.0. The molecule has 4 aromatic carbocycles. The zero-order valence-corrected chi connectivity index (χ0v) is 20.0. The maximum atomic E-state index is 14.3. The maximum absolute atomic E-state index is 14.3. The van der Waals surface area contributed by atoms with Crippen molar-refractivity contribution >= 4 is 16.9 Å². The van der Waals surface area contributed by atoms with Gasteiger partial charge in [0.2, 0.25) is 0 Å². The van der Waals surface area contributed by atoms with Gasteiger partial charge in [-0.1, -0.05) is 72.8 Å². The highest BCUT2D eigenvalue weighted by Gasteiger charge is 2.14. The van der Waals surface area contributed by atoms with Crippen LogP contribution < -0.4 is 4.74 Å². The zero-order chi connectivity index (χ0) is 25.8. The molecule has 6 heteroatoms. The summed E-state index contributed by atoms with van der Waals surface area (Å²) in [7, 11) is 0. The molecule has 0 aliphatic rings. The van der Waals surface area contributed by atoms with Gasteiger partial charge in [0.25, 0.3) is 0 Å². The highest BCUT2D eigenvalue weighted by Crippen LogP contribution is 2.29. The van der Waals surface area contributed by atoms with Crippen molar-refractivity contribution < 1.29 is 23.4 Å². The number of hydrogen-bond donors (Lipinski definition) is 1. The summed E-state index contributed by atoms with van der Waals surface area (Å²) in [4.78, 5) is 10.7. The van der Waals surface area contributed by atoms with E-state index >= 15 is 0 Å². The minimum Gasteiger partial charge on any atom is -0.489 e. The van der Waals surface area contributed by atoms with E-state index in [0.29, 0.717) is 6.54 Å². The second kappa shape index (κ2) is 10.7. The molecule has 5 aromatic rings. The lowest BCUT2D eigenvalue weighted by Gasteiger charge is -2.13. The Labute approximate surface area is 213 Å². The van der Waals surface area contributed by atoms with E-state index in [1.807, 2.05) is 54.6 Å². The zero-order valence-electron chi connectivity index (χ0n) is 20.0. The van der Waals surface area contributed by atoms with Crippen LogP contribution in [0.3, 0.4) is 0 Å². The number of benzene rings is 4.